The van der Waals surface area contributed by atoms with Gasteiger partial charge in [-0.1, -0.05) is 43.5 Å². The molecule has 0 unspecified atom stereocenters. The molecule has 1 saturated carbocycles. The van der Waals surface area contributed by atoms with Gasteiger partial charge in [0, 0.05) is 17.4 Å². The summed E-state index contributed by atoms with van der Waals surface area (Å²) in [5.74, 6) is 0.179. The van der Waals surface area contributed by atoms with Crippen LogP contribution in [0.4, 0.5) is 10.1 Å². The molecule has 3 fully saturated rings. The maximum atomic E-state index is 14.2. The number of sulfone groups is 1. The lowest BCUT2D eigenvalue weighted by atomic mass is 10.0. The lowest BCUT2D eigenvalue weighted by Crippen LogP contribution is -2.37. The van der Waals surface area contributed by atoms with E-state index >= 15 is 0 Å². The van der Waals surface area contributed by atoms with Gasteiger partial charge >= 0.3 is 0 Å². The number of anilines is 1. The third kappa shape index (κ3) is 4.13. The SMILES string of the molecule is Cc1ccc(N2C(=NC(=O)CCC3CCCC3)S[C@@H]3CS(=O)(=O)C[C@H]32)cc1F. The zero-order valence-corrected chi connectivity index (χ0v) is 17.6. The van der Waals surface area contributed by atoms with Crippen LogP contribution in [0.2, 0.25) is 0 Å². The maximum absolute atomic E-state index is 14.2. The monoisotopic (exact) mass is 424 g/mol. The Morgan fingerprint density at radius 1 is 1.29 bits per heavy atom. The Morgan fingerprint density at radius 3 is 2.75 bits per heavy atom. The normalized spacial score (nSPS) is 28.2. The first-order valence-corrected chi connectivity index (χ1v) is 12.6. The van der Waals surface area contributed by atoms with Crippen LogP contribution in [-0.2, 0) is 14.6 Å². The van der Waals surface area contributed by atoms with Crippen molar-refractivity contribution in [3.8, 4) is 0 Å². The van der Waals surface area contributed by atoms with E-state index in [0.29, 0.717) is 28.8 Å². The van der Waals surface area contributed by atoms with E-state index in [2.05, 4.69) is 4.99 Å². The Bertz CT molecular complexity index is 910. The first-order chi connectivity index (χ1) is 13.3. The molecule has 4 rings (SSSR count). The number of amidine groups is 1. The molecular formula is C20H25FN2O3S2. The fourth-order valence-electron chi connectivity index (χ4n) is 4.39. The topological polar surface area (TPSA) is 66.8 Å². The highest BCUT2D eigenvalue weighted by atomic mass is 32.2. The number of rotatable bonds is 4. The summed E-state index contributed by atoms with van der Waals surface area (Å²) < 4.78 is 38.4. The van der Waals surface area contributed by atoms with E-state index in [1.165, 1.54) is 43.5 Å². The van der Waals surface area contributed by atoms with Crippen molar-refractivity contribution in [1.29, 1.82) is 0 Å². The number of hydrogen-bond acceptors (Lipinski definition) is 4. The molecule has 2 saturated heterocycles. The van der Waals surface area contributed by atoms with Crippen molar-refractivity contribution in [2.45, 2.75) is 56.7 Å². The van der Waals surface area contributed by atoms with Crippen LogP contribution in [0.5, 0.6) is 0 Å². The zero-order chi connectivity index (χ0) is 19.9. The molecule has 0 bridgehead atoms. The van der Waals surface area contributed by atoms with Gasteiger partial charge in [-0.3, -0.25) is 4.79 Å². The van der Waals surface area contributed by atoms with Gasteiger partial charge < -0.3 is 4.90 Å². The lowest BCUT2D eigenvalue weighted by Gasteiger charge is -2.24. The van der Waals surface area contributed by atoms with Crippen LogP contribution in [0, 0.1) is 18.7 Å². The van der Waals surface area contributed by atoms with Crippen molar-refractivity contribution in [1.82, 2.24) is 0 Å². The van der Waals surface area contributed by atoms with Crippen molar-refractivity contribution in [3.05, 3.63) is 29.6 Å². The van der Waals surface area contributed by atoms with Crippen LogP contribution < -0.4 is 4.90 Å². The number of carbonyl (C=O) groups is 1. The largest absolute Gasteiger partial charge is 0.315 e. The summed E-state index contributed by atoms with van der Waals surface area (Å²) in [5, 5.41) is 0.334. The molecule has 0 N–H and O–H groups in total. The number of fused-ring (bicyclic) bond motifs is 1. The molecule has 2 atom stereocenters. The van der Waals surface area contributed by atoms with E-state index < -0.39 is 9.84 Å². The Morgan fingerprint density at radius 2 is 2.04 bits per heavy atom. The van der Waals surface area contributed by atoms with Gasteiger partial charge in [0.1, 0.15) is 5.82 Å². The average molecular weight is 425 g/mol. The first kappa shape index (κ1) is 19.9. The number of benzene rings is 1. The summed E-state index contributed by atoms with van der Waals surface area (Å²) in [4.78, 5) is 18.6. The summed E-state index contributed by atoms with van der Waals surface area (Å²) in [6.45, 7) is 1.68. The van der Waals surface area contributed by atoms with Crippen molar-refractivity contribution < 1.29 is 17.6 Å². The second-order valence-electron chi connectivity index (χ2n) is 8.08. The van der Waals surface area contributed by atoms with E-state index in [1.807, 2.05) is 0 Å². The number of carbonyl (C=O) groups excluding carboxylic acids is 1. The molecule has 8 heteroatoms. The third-order valence-corrected chi connectivity index (χ3v) is 9.17. The van der Waals surface area contributed by atoms with E-state index in [-0.39, 0.29) is 34.5 Å². The Balaban J connectivity index is 1.57. The van der Waals surface area contributed by atoms with Crippen LogP contribution in [0.15, 0.2) is 23.2 Å². The predicted octanol–water partition coefficient (Wildman–Crippen LogP) is 3.71. The molecule has 152 valence electrons. The van der Waals surface area contributed by atoms with Crippen LogP contribution in [0.3, 0.4) is 0 Å². The highest BCUT2D eigenvalue weighted by molar-refractivity contribution is 8.16. The molecule has 1 amide bonds. The quantitative estimate of drug-likeness (QED) is 0.737. The lowest BCUT2D eigenvalue weighted by molar-refractivity contribution is -0.118. The van der Waals surface area contributed by atoms with E-state index in [0.717, 1.165) is 6.42 Å². The highest BCUT2D eigenvalue weighted by Crippen LogP contribution is 2.41. The van der Waals surface area contributed by atoms with Crippen molar-refractivity contribution in [3.63, 3.8) is 0 Å². The number of amides is 1. The van der Waals surface area contributed by atoms with Gasteiger partial charge in [0.25, 0.3) is 0 Å². The van der Waals surface area contributed by atoms with Crippen molar-refractivity contribution in [2.24, 2.45) is 10.9 Å². The minimum atomic E-state index is -3.13. The Kier molecular flexibility index (Phi) is 5.53. The zero-order valence-electron chi connectivity index (χ0n) is 15.9. The molecule has 5 nitrogen and oxygen atoms in total. The van der Waals surface area contributed by atoms with Crippen molar-refractivity contribution in [2.75, 3.05) is 16.4 Å². The minimum absolute atomic E-state index is 0.00937. The van der Waals surface area contributed by atoms with E-state index in [9.17, 15) is 17.6 Å². The summed E-state index contributed by atoms with van der Waals surface area (Å²) in [6.07, 6.45) is 6.14. The Labute approximate surface area is 169 Å². The van der Waals surface area contributed by atoms with Gasteiger partial charge in [0.15, 0.2) is 15.0 Å². The molecule has 1 aromatic carbocycles. The molecular weight excluding hydrogens is 399 g/mol. The average Bonchev–Trinajstić information content (AvgIpc) is 3.30. The number of thioether (sulfide) groups is 1. The second-order valence-corrected chi connectivity index (χ2v) is 11.4. The predicted molar refractivity (Wildman–Crippen MR) is 111 cm³/mol. The first-order valence-electron chi connectivity index (χ1n) is 9.86. The summed E-state index contributed by atoms with van der Waals surface area (Å²) >= 11 is 1.34. The molecule has 0 spiro atoms. The molecule has 3 aliphatic rings. The summed E-state index contributed by atoms with van der Waals surface area (Å²) in [6, 6.07) is 4.54. The second kappa shape index (κ2) is 7.78. The number of halogens is 1. The van der Waals surface area contributed by atoms with Crippen LogP contribution in [-0.4, -0.2) is 42.3 Å². The Hall–Kier alpha value is -1.41. The smallest absolute Gasteiger partial charge is 0.248 e. The molecule has 2 heterocycles. The van der Waals surface area contributed by atoms with Gasteiger partial charge in [0.05, 0.1) is 17.5 Å². The standard InChI is InChI=1S/C20H25FN2O3S2/c1-13-6-8-15(10-16(13)21)23-17-11-28(25,26)12-18(17)27-20(23)22-19(24)9-7-14-4-2-3-5-14/h6,8,10,14,17-18H,2-5,7,9,11-12H2,1H3/t17-,18-/m1/s1. The van der Waals surface area contributed by atoms with Gasteiger partial charge in [0.2, 0.25) is 5.91 Å². The van der Waals surface area contributed by atoms with E-state index in [1.54, 1.807) is 24.0 Å². The molecule has 28 heavy (non-hydrogen) atoms. The van der Waals surface area contributed by atoms with Crippen LogP contribution in [0.1, 0.15) is 44.1 Å². The van der Waals surface area contributed by atoms with Crippen molar-refractivity contribution >= 4 is 38.4 Å². The highest BCUT2D eigenvalue weighted by Gasteiger charge is 2.49. The molecule has 1 aliphatic carbocycles. The van der Waals surface area contributed by atoms with Gasteiger partial charge in [-0.05, 0) is 37.0 Å². The molecule has 2 aliphatic heterocycles. The van der Waals surface area contributed by atoms with Gasteiger partial charge in [-0.15, -0.1) is 0 Å². The minimum Gasteiger partial charge on any atom is -0.315 e. The summed E-state index contributed by atoms with van der Waals surface area (Å²) in [5.41, 5.74) is 1.08. The van der Waals surface area contributed by atoms with Crippen LogP contribution >= 0.6 is 11.8 Å². The number of nitrogens with zero attached hydrogens (tertiary/aromatic N) is 2. The van der Waals surface area contributed by atoms with Crippen LogP contribution in [0.25, 0.3) is 0 Å². The number of aryl methyl sites for hydroxylation is 1. The van der Waals surface area contributed by atoms with Gasteiger partial charge in [-0.2, -0.15) is 4.99 Å². The number of aliphatic imine (C=N–C) groups is 1. The van der Waals surface area contributed by atoms with E-state index in [4.69, 9.17) is 0 Å². The third-order valence-electron chi connectivity index (χ3n) is 5.96. The fourth-order valence-corrected chi connectivity index (χ4v) is 8.32. The maximum Gasteiger partial charge on any atom is 0.248 e. The molecule has 1 aromatic rings. The summed E-state index contributed by atoms with van der Waals surface area (Å²) in [7, 11) is -3.13. The van der Waals surface area contributed by atoms with Gasteiger partial charge in [-0.25, -0.2) is 12.8 Å². The molecule has 0 aromatic heterocycles. The molecule has 0 radical (unpaired) electrons. The number of hydrogen-bond donors (Lipinski definition) is 0. The fraction of sp³-hybridized carbons (Fsp3) is 0.600.